The van der Waals surface area contributed by atoms with Crippen LogP contribution in [0.5, 0.6) is 0 Å². The molecule has 1 atom stereocenters. The second-order valence-electron chi connectivity index (χ2n) is 4.26. The highest BCUT2D eigenvalue weighted by atomic mass is 35.5. The van der Waals surface area contributed by atoms with Crippen LogP contribution in [0, 0.1) is 5.92 Å². The molecule has 1 unspecified atom stereocenters. The molecule has 4 heteroatoms. The zero-order valence-corrected chi connectivity index (χ0v) is 9.69. The summed E-state index contributed by atoms with van der Waals surface area (Å²) in [4.78, 5) is 11.5. The minimum absolute atomic E-state index is 0. The number of carbonyl (C=O) groups excluding carboxylic acids is 1. The topological polar surface area (TPSA) is 41.1 Å². The number of hydrogen-bond donors (Lipinski definition) is 2. The van der Waals surface area contributed by atoms with E-state index >= 15 is 0 Å². The van der Waals surface area contributed by atoms with Gasteiger partial charge in [0, 0.05) is 12.5 Å². The van der Waals surface area contributed by atoms with Gasteiger partial charge in [-0.25, -0.2) is 0 Å². The summed E-state index contributed by atoms with van der Waals surface area (Å²) in [6, 6.07) is 0.296. The minimum atomic E-state index is 0. The SMILES string of the molecule is Cl.O=C(CC1CNC1)NC1C=CCCC1. The van der Waals surface area contributed by atoms with E-state index in [1.54, 1.807) is 0 Å². The molecule has 1 aliphatic carbocycles. The summed E-state index contributed by atoms with van der Waals surface area (Å²) in [5.41, 5.74) is 0. The fourth-order valence-electron chi connectivity index (χ4n) is 1.95. The van der Waals surface area contributed by atoms with Crippen molar-refractivity contribution in [2.24, 2.45) is 5.92 Å². The first-order chi connectivity index (χ1) is 6.84. The molecule has 0 saturated carbocycles. The zero-order valence-electron chi connectivity index (χ0n) is 8.87. The molecule has 1 aliphatic heterocycles. The second kappa shape index (κ2) is 6.13. The minimum Gasteiger partial charge on any atom is -0.350 e. The Morgan fingerprint density at radius 1 is 1.47 bits per heavy atom. The monoisotopic (exact) mass is 230 g/mol. The third-order valence-corrected chi connectivity index (χ3v) is 2.94. The van der Waals surface area contributed by atoms with Gasteiger partial charge in [-0.1, -0.05) is 12.2 Å². The Morgan fingerprint density at radius 3 is 2.80 bits per heavy atom. The van der Waals surface area contributed by atoms with Crippen LogP contribution in [0.25, 0.3) is 0 Å². The number of nitrogens with one attached hydrogen (secondary N) is 2. The van der Waals surface area contributed by atoms with Crippen molar-refractivity contribution in [1.29, 1.82) is 0 Å². The van der Waals surface area contributed by atoms with E-state index in [-0.39, 0.29) is 18.3 Å². The molecule has 1 amide bonds. The molecular formula is C11H19ClN2O. The largest absolute Gasteiger partial charge is 0.350 e. The lowest BCUT2D eigenvalue weighted by molar-refractivity contribution is -0.122. The van der Waals surface area contributed by atoms with Crippen molar-refractivity contribution in [1.82, 2.24) is 10.6 Å². The van der Waals surface area contributed by atoms with Crippen LogP contribution in [0.15, 0.2) is 12.2 Å². The van der Waals surface area contributed by atoms with Gasteiger partial charge in [0.05, 0.1) is 0 Å². The van der Waals surface area contributed by atoms with Gasteiger partial charge in [0.15, 0.2) is 0 Å². The van der Waals surface area contributed by atoms with Crippen molar-refractivity contribution in [3.8, 4) is 0 Å². The number of carbonyl (C=O) groups is 1. The highest BCUT2D eigenvalue weighted by Gasteiger charge is 2.21. The first-order valence-corrected chi connectivity index (χ1v) is 5.51. The van der Waals surface area contributed by atoms with Crippen LogP contribution in [0.1, 0.15) is 25.7 Å². The molecule has 2 rings (SSSR count). The van der Waals surface area contributed by atoms with Crippen molar-refractivity contribution in [3.05, 3.63) is 12.2 Å². The normalized spacial score (nSPS) is 25.2. The fourth-order valence-corrected chi connectivity index (χ4v) is 1.95. The summed E-state index contributed by atoms with van der Waals surface area (Å²) in [6.45, 7) is 2.02. The van der Waals surface area contributed by atoms with Crippen molar-refractivity contribution < 1.29 is 4.79 Å². The summed E-state index contributed by atoms with van der Waals surface area (Å²) >= 11 is 0. The lowest BCUT2D eigenvalue weighted by Crippen LogP contribution is -2.45. The highest BCUT2D eigenvalue weighted by molar-refractivity contribution is 5.85. The van der Waals surface area contributed by atoms with E-state index in [0.717, 1.165) is 19.5 Å². The molecule has 1 fully saturated rings. The summed E-state index contributed by atoms with van der Waals surface area (Å²) in [5.74, 6) is 0.788. The predicted molar refractivity (Wildman–Crippen MR) is 63.1 cm³/mol. The molecule has 0 spiro atoms. The maximum absolute atomic E-state index is 11.5. The van der Waals surface area contributed by atoms with Crippen LogP contribution < -0.4 is 10.6 Å². The predicted octanol–water partition coefficient (Wildman–Crippen LogP) is 1.24. The standard InChI is InChI=1S/C11H18N2O.ClH/c14-11(6-9-7-12-8-9)13-10-4-2-1-3-5-10;/h2,4,9-10,12H,1,3,5-8H2,(H,13,14);1H. The average molecular weight is 231 g/mol. The van der Waals surface area contributed by atoms with Gasteiger partial charge >= 0.3 is 0 Å². The fraction of sp³-hybridized carbons (Fsp3) is 0.727. The Kier molecular flexibility index (Phi) is 5.12. The zero-order chi connectivity index (χ0) is 9.80. The van der Waals surface area contributed by atoms with Crippen molar-refractivity contribution >= 4 is 18.3 Å². The number of amides is 1. The molecule has 15 heavy (non-hydrogen) atoms. The second-order valence-corrected chi connectivity index (χ2v) is 4.26. The van der Waals surface area contributed by atoms with Gasteiger partial charge in [-0.2, -0.15) is 0 Å². The van der Waals surface area contributed by atoms with Crippen molar-refractivity contribution in [3.63, 3.8) is 0 Å². The van der Waals surface area contributed by atoms with Crippen LogP contribution in [-0.2, 0) is 4.79 Å². The van der Waals surface area contributed by atoms with E-state index in [1.165, 1.54) is 12.8 Å². The molecular weight excluding hydrogens is 212 g/mol. The third-order valence-electron chi connectivity index (χ3n) is 2.94. The first-order valence-electron chi connectivity index (χ1n) is 5.51. The lowest BCUT2D eigenvalue weighted by Gasteiger charge is -2.27. The molecule has 0 bridgehead atoms. The third kappa shape index (κ3) is 3.84. The number of halogens is 1. The molecule has 0 aromatic heterocycles. The van der Waals surface area contributed by atoms with Gasteiger partial charge in [-0.05, 0) is 38.3 Å². The van der Waals surface area contributed by atoms with Gasteiger partial charge in [0.25, 0.3) is 0 Å². The van der Waals surface area contributed by atoms with E-state index in [1.807, 2.05) is 0 Å². The van der Waals surface area contributed by atoms with Crippen LogP contribution in [0.3, 0.4) is 0 Å². The molecule has 1 saturated heterocycles. The molecule has 0 aromatic carbocycles. The Labute approximate surface area is 97.1 Å². The number of allylic oxidation sites excluding steroid dienone is 1. The van der Waals surface area contributed by atoms with E-state index in [2.05, 4.69) is 22.8 Å². The van der Waals surface area contributed by atoms with E-state index in [0.29, 0.717) is 18.4 Å². The molecule has 3 nitrogen and oxygen atoms in total. The first kappa shape index (κ1) is 12.5. The van der Waals surface area contributed by atoms with Gasteiger partial charge < -0.3 is 10.6 Å². The smallest absolute Gasteiger partial charge is 0.220 e. The van der Waals surface area contributed by atoms with Crippen LogP contribution in [0.4, 0.5) is 0 Å². The molecule has 2 aliphatic rings. The number of hydrogen-bond acceptors (Lipinski definition) is 2. The summed E-state index contributed by atoms with van der Waals surface area (Å²) in [5, 5.41) is 6.24. The summed E-state index contributed by atoms with van der Waals surface area (Å²) < 4.78 is 0. The lowest BCUT2D eigenvalue weighted by atomic mass is 9.98. The Morgan fingerprint density at radius 2 is 2.27 bits per heavy atom. The summed E-state index contributed by atoms with van der Waals surface area (Å²) in [7, 11) is 0. The Bertz CT molecular complexity index is 239. The maximum Gasteiger partial charge on any atom is 0.220 e. The average Bonchev–Trinajstić information content (AvgIpc) is 2.13. The quantitative estimate of drug-likeness (QED) is 0.717. The van der Waals surface area contributed by atoms with E-state index < -0.39 is 0 Å². The van der Waals surface area contributed by atoms with E-state index in [9.17, 15) is 4.79 Å². The van der Waals surface area contributed by atoms with E-state index in [4.69, 9.17) is 0 Å². The van der Waals surface area contributed by atoms with Crippen LogP contribution in [0.2, 0.25) is 0 Å². The van der Waals surface area contributed by atoms with Gasteiger partial charge in [0.1, 0.15) is 0 Å². The molecule has 86 valence electrons. The Hall–Kier alpha value is -0.540. The van der Waals surface area contributed by atoms with Crippen LogP contribution in [-0.4, -0.2) is 25.0 Å². The molecule has 0 aromatic rings. The number of rotatable bonds is 3. The highest BCUT2D eigenvalue weighted by Crippen LogP contribution is 2.12. The summed E-state index contributed by atoms with van der Waals surface area (Å²) in [6.07, 6.45) is 8.45. The Balaban J connectivity index is 0.00000112. The van der Waals surface area contributed by atoms with Crippen molar-refractivity contribution in [2.75, 3.05) is 13.1 Å². The molecule has 1 heterocycles. The van der Waals surface area contributed by atoms with Gasteiger partial charge in [0.2, 0.25) is 5.91 Å². The van der Waals surface area contributed by atoms with Gasteiger partial charge in [-0.15, -0.1) is 12.4 Å². The molecule has 2 N–H and O–H groups in total. The van der Waals surface area contributed by atoms with Crippen LogP contribution >= 0.6 is 12.4 Å². The molecule has 0 radical (unpaired) electrons. The van der Waals surface area contributed by atoms with Gasteiger partial charge in [-0.3, -0.25) is 4.79 Å². The maximum atomic E-state index is 11.5. The van der Waals surface area contributed by atoms with Crippen molar-refractivity contribution in [2.45, 2.75) is 31.7 Å².